The number of carbonyl (C=O) groups excluding carboxylic acids is 2. The van der Waals surface area contributed by atoms with E-state index in [-0.39, 0.29) is 30.8 Å². The van der Waals surface area contributed by atoms with Crippen molar-refractivity contribution in [3.63, 3.8) is 0 Å². The molecule has 2 aromatic carbocycles. The first-order chi connectivity index (χ1) is 18.1. The average Bonchev–Trinajstić information content (AvgIpc) is 2.88. The van der Waals surface area contributed by atoms with E-state index < -0.39 is 16.1 Å². The summed E-state index contributed by atoms with van der Waals surface area (Å²) in [5, 5.41) is 3.20. The number of carbonyl (C=O) groups is 2. The van der Waals surface area contributed by atoms with Crippen LogP contribution in [0.1, 0.15) is 75.0 Å². The van der Waals surface area contributed by atoms with E-state index in [4.69, 9.17) is 0 Å². The molecule has 38 heavy (non-hydrogen) atoms. The van der Waals surface area contributed by atoms with Crippen LogP contribution < -0.4 is 9.62 Å². The van der Waals surface area contributed by atoms with Crippen molar-refractivity contribution in [1.29, 1.82) is 0 Å². The molecular weight excluding hydrogens is 498 g/mol. The van der Waals surface area contributed by atoms with Gasteiger partial charge in [-0.15, -0.1) is 0 Å². The van der Waals surface area contributed by atoms with Crippen LogP contribution in [-0.4, -0.2) is 50.0 Å². The number of hydrogen-bond donors (Lipinski definition) is 1. The van der Waals surface area contributed by atoms with E-state index in [0.29, 0.717) is 25.1 Å². The molecule has 0 aromatic heterocycles. The molecule has 0 radical (unpaired) electrons. The minimum absolute atomic E-state index is 0.100. The summed E-state index contributed by atoms with van der Waals surface area (Å²) in [5.41, 5.74) is 3.65. The molecule has 1 atom stereocenters. The van der Waals surface area contributed by atoms with Gasteiger partial charge in [-0.3, -0.25) is 13.9 Å². The molecule has 1 N–H and O–H groups in total. The molecule has 1 fully saturated rings. The highest BCUT2D eigenvalue weighted by atomic mass is 32.2. The zero-order chi connectivity index (χ0) is 27.7. The first-order valence-corrected chi connectivity index (χ1v) is 15.6. The summed E-state index contributed by atoms with van der Waals surface area (Å²) < 4.78 is 26.5. The van der Waals surface area contributed by atoms with E-state index in [2.05, 4.69) is 5.32 Å². The average molecular weight is 542 g/mol. The highest BCUT2D eigenvalue weighted by Crippen LogP contribution is 2.23. The maximum atomic E-state index is 13.6. The number of anilines is 1. The molecule has 1 aliphatic carbocycles. The highest BCUT2D eigenvalue weighted by Gasteiger charge is 2.30. The maximum absolute atomic E-state index is 13.6. The van der Waals surface area contributed by atoms with E-state index in [1.807, 2.05) is 63.2 Å². The van der Waals surface area contributed by atoms with Gasteiger partial charge in [0.05, 0.1) is 11.9 Å². The summed E-state index contributed by atoms with van der Waals surface area (Å²) in [4.78, 5) is 28.6. The van der Waals surface area contributed by atoms with Crippen molar-refractivity contribution in [3.8, 4) is 0 Å². The Morgan fingerprint density at radius 1 is 1.00 bits per heavy atom. The molecule has 3 rings (SSSR count). The van der Waals surface area contributed by atoms with Crippen LogP contribution in [0.2, 0.25) is 0 Å². The minimum atomic E-state index is -3.52. The molecule has 0 saturated heterocycles. The Morgan fingerprint density at radius 2 is 1.68 bits per heavy atom. The second-order valence-corrected chi connectivity index (χ2v) is 12.4. The van der Waals surface area contributed by atoms with Crippen LogP contribution in [0.25, 0.3) is 0 Å². The Bertz CT molecular complexity index is 1180. The topological polar surface area (TPSA) is 86.8 Å². The van der Waals surface area contributed by atoms with E-state index in [0.717, 1.165) is 42.4 Å². The largest absolute Gasteiger partial charge is 0.352 e. The van der Waals surface area contributed by atoms with E-state index >= 15 is 0 Å². The molecule has 1 aliphatic rings. The molecule has 0 heterocycles. The smallest absolute Gasteiger partial charge is 0.243 e. The third-order valence-electron chi connectivity index (χ3n) is 7.46. The standard InChI is InChI=1S/C30H43N3O4S/c1-5-28(30(35)31-26-15-10-7-11-16-26)32(22-25-13-8-6-9-14-25)29(34)17-12-20-33(38(4,36)37)27-19-18-23(2)24(3)21-27/h6,8-9,13-14,18-19,21,26,28H,5,7,10-12,15-17,20,22H2,1-4H3,(H,31,35). The second kappa shape index (κ2) is 13.8. The molecule has 0 spiro atoms. The van der Waals surface area contributed by atoms with Gasteiger partial charge < -0.3 is 10.2 Å². The van der Waals surface area contributed by atoms with Gasteiger partial charge in [-0.25, -0.2) is 8.42 Å². The first kappa shape index (κ1) is 29.7. The van der Waals surface area contributed by atoms with Gasteiger partial charge in [-0.05, 0) is 68.4 Å². The zero-order valence-corrected chi connectivity index (χ0v) is 24.1. The van der Waals surface area contributed by atoms with Gasteiger partial charge in [-0.2, -0.15) is 0 Å². The van der Waals surface area contributed by atoms with Crippen LogP contribution in [0, 0.1) is 13.8 Å². The van der Waals surface area contributed by atoms with Crippen LogP contribution >= 0.6 is 0 Å². The van der Waals surface area contributed by atoms with Gasteiger partial charge >= 0.3 is 0 Å². The van der Waals surface area contributed by atoms with Crippen molar-refractivity contribution in [2.24, 2.45) is 0 Å². The van der Waals surface area contributed by atoms with Crippen molar-refractivity contribution in [1.82, 2.24) is 10.2 Å². The van der Waals surface area contributed by atoms with Crippen LogP contribution in [0.5, 0.6) is 0 Å². The fourth-order valence-corrected chi connectivity index (χ4v) is 6.09. The van der Waals surface area contributed by atoms with Crippen molar-refractivity contribution in [3.05, 3.63) is 65.2 Å². The fourth-order valence-electron chi connectivity index (χ4n) is 5.13. The minimum Gasteiger partial charge on any atom is -0.352 e. The van der Waals surface area contributed by atoms with E-state index in [1.54, 1.807) is 11.0 Å². The summed E-state index contributed by atoms with van der Waals surface area (Å²) in [6, 6.07) is 14.9. The predicted molar refractivity (Wildman–Crippen MR) is 153 cm³/mol. The third kappa shape index (κ3) is 8.32. The number of aryl methyl sites for hydroxylation is 2. The molecular formula is C30H43N3O4S. The van der Waals surface area contributed by atoms with Crippen LogP contribution in [-0.2, 0) is 26.2 Å². The highest BCUT2D eigenvalue weighted by molar-refractivity contribution is 7.92. The first-order valence-electron chi connectivity index (χ1n) is 13.8. The van der Waals surface area contributed by atoms with Gasteiger partial charge in [0.2, 0.25) is 21.8 Å². The lowest BCUT2D eigenvalue weighted by atomic mass is 9.95. The van der Waals surface area contributed by atoms with Crippen molar-refractivity contribution >= 4 is 27.5 Å². The normalized spacial score (nSPS) is 15.1. The molecule has 2 aromatic rings. The molecule has 208 valence electrons. The van der Waals surface area contributed by atoms with Gasteiger partial charge in [-0.1, -0.05) is 62.6 Å². The molecule has 8 heteroatoms. The maximum Gasteiger partial charge on any atom is 0.243 e. The number of hydrogen-bond acceptors (Lipinski definition) is 4. The number of nitrogens with one attached hydrogen (secondary N) is 1. The Hall–Kier alpha value is -2.87. The van der Waals surface area contributed by atoms with Gasteiger partial charge in [0.15, 0.2) is 0 Å². The monoisotopic (exact) mass is 541 g/mol. The van der Waals surface area contributed by atoms with Gasteiger partial charge in [0, 0.05) is 25.6 Å². The number of sulfonamides is 1. The molecule has 7 nitrogen and oxygen atoms in total. The predicted octanol–water partition coefficient (Wildman–Crippen LogP) is 5.11. The summed E-state index contributed by atoms with van der Waals surface area (Å²) >= 11 is 0. The number of benzene rings is 2. The Balaban J connectivity index is 1.74. The van der Waals surface area contributed by atoms with Gasteiger partial charge in [0.1, 0.15) is 6.04 Å². The van der Waals surface area contributed by atoms with E-state index in [1.165, 1.54) is 17.0 Å². The molecule has 1 unspecified atom stereocenters. The second-order valence-electron chi connectivity index (χ2n) is 10.5. The molecule has 0 aliphatic heterocycles. The lowest BCUT2D eigenvalue weighted by molar-refractivity contribution is -0.141. The lowest BCUT2D eigenvalue weighted by Crippen LogP contribution is -2.51. The van der Waals surface area contributed by atoms with Crippen molar-refractivity contribution < 1.29 is 18.0 Å². The Kier molecular flexibility index (Phi) is 10.8. The Labute approximate surface area is 228 Å². The third-order valence-corrected chi connectivity index (χ3v) is 8.66. The van der Waals surface area contributed by atoms with Crippen LogP contribution in [0.15, 0.2) is 48.5 Å². The van der Waals surface area contributed by atoms with Crippen LogP contribution in [0.3, 0.4) is 0 Å². The van der Waals surface area contributed by atoms with Crippen LogP contribution in [0.4, 0.5) is 5.69 Å². The number of rotatable bonds is 12. The fraction of sp³-hybridized carbons (Fsp3) is 0.533. The Morgan fingerprint density at radius 3 is 2.29 bits per heavy atom. The summed E-state index contributed by atoms with van der Waals surface area (Å²) in [6.45, 7) is 6.40. The summed E-state index contributed by atoms with van der Waals surface area (Å²) in [7, 11) is -3.52. The molecule has 2 amide bonds. The zero-order valence-electron chi connectivity index (χ0n) is 23.3. The van der Waals surface area contributed by atoms with Gasteiger partial charge in [0.25, 0.3) is 0 Å². The number of nitrogens with zero attached hydrogens (tertiary/aromatic N) is 2. The number of amides is 2. The van der Waals surface area contributed by atoms with E-state index in [9.17, 15) is 18.0 Å². The quantitative estimate of drug-likeness (QED) is 0.405. The molecule has 1 saturated carbocycles. The van der Waals surface area contributed by atoms with Crippen molar-refractivity contribution in [2.75, 3.05) is 17.1 Å². The SMILES string of the molecule is CCC(C(=O)NC1CCCCC1)N(Cc1ccccc1)C(=O)CCCN(c1ccc(C)c(C)c1)S(C)(=O)=O. The summed E-state index contributed by atoms with van der Waals surface area (Å²) in [5.74, 6) is -0.246. The summed E-state index contributed by atoms with van der Waals surface area (Å²) in [6.07, 6.45) is 7.60. The van der Waals surface area contributed by atoms with Crippen molar-refractivity contribution in [2.45, 2.75) is 90.8 Å². The lowest BCUT2D eigenvalue weighted by Gasteiger charge is -2.33. The molecule has 0 bridgehead atoms.